The van der Waals surface area contributed by atoms with E-state index in [9.17, 15) is 9.59 Å². The number of benzene rings is 2. The highest BCUT2D eigenvalue weighted by Gasteiger charge is 2.55. The van der Waals surface area contributed by atoms with Crippen LogP contribution < -0.4 is 10.2 Å². The van der Waals surface area contributed by atoms with Gasteiger partial charge in [0.2, 0.25) is 5.91 Å². The summed E-state index contributed by atoms with van der Waals surface area (Å²) in [4.78, 5) is 27.6. The number of halogens is 1. The molecule has 2 fully saturated rings. The van der Waals surface area contributed by atoms with E-state index in [2.05, 4.69) is 21.2 Å². The predicted octanol–water partition coefficient (Wildman–Crippen LogP) is 4.70. The van der Waals surface area contributed by atoms with E-state index < -0.39 is 5.54 Å². The maximum Gasteiger partial charge on any atom is 0.251 e. The second-order valence-electron chi connectivity index (χ2n) is 7.51. The third-order valence-electron chi connectivity index (χ3n) is 5.59. The van der Waals surface area contributed by atoms with Crippen molar-refractivity contribution >= 4 is 39.5 Å². The largest absolute Gasteiger partial charge is 0.351 e. The van der Waals surface area contributed by atoms with Crippen LogP contribution in [0.3, 0.4) is 0 Å². The van der Waals surface area contributed by atoms with Gasteiger partial charge in [0.25, 0.3) is 5.91 Å². The molecule has 1 heterocycles. The second-order valence-corrected chi connectivity index (χ2v) is 8.42. The molecule has 28 heavy (non-hydrogen) atoms. The van der Waals surface area contributed by atoms with Crippen molar-refractivity contribution in [2.24, 2.45) is 0 Å². The lowest BCUT2D eigenvalue weighted by molar-refractivity contribution is -0.137. The van der Waals surface area contributed by atoms with Crippen LogP contribution in [0.2, 0.25) is 0 Å². The van der Waals surface area contributed by atoms with Crippen molar-refractivity contribution in [2.75, 3.05) is 4.90 Å². The van der Waals surface area contributed by atoms with Gasteiger partial charge >= 0.3 is 0 Å². The molecule has 1 saturated heterocycles. The first-order chi connectivity index (χ1) is 13.6. The van der Waals surface area contributed by atoms with Crippen LogP contribution in [0.1, 0.15) is 37.7 Å². The van der Waals surface area contributed by atoms with E-state index in [4.69, 9.17) is 0 Å². The zero-order valence-electron chi connectivity index (χ0n) is 15.6. The molecule has 2 aromatic rings. The van der Waals surface area contributed by atoms with Gasteiger partial charge in [-0.25, -0.2) is 0 Å². The number of rotatable bonds is 5. The fourth-order valence-electron chi connectivity index (χ4n) is 4.05. The van der Waals surface area contributed by atoms with Crippen LogP contribution >= 0.6 is 15.9 Å². The number of nitrogens with one attached hydrogen (secondary N) is 1. The van der Waals surface area contributed by atoms with Gasteiger partial charge < -0.3 is 5.32 Å². The predicted molar refractivity (Wildman–Crippen MR) is 115 cm³/mol. The minimum atomic E-state index is -0.983. The average molecular weight is 439 g/mol. The van der Waals surface area contributed by atoms with Gasteiger partial charge in [0.1, 0.15) is 0 Å². The summed E-state index contributed by atoms with van der Waals surface area (Å²) in [5.74, 6) is -0.129. The van der Waals surface area contributed by atoms with Crippen molar-refractivity contribution in [2.45, 2.75) is 43.7 Å². The molecule has 144 valence electrons. The minimum Gasteiger partial charge on any atom is -0.351 e. The highest BCUT2D eigenvalue weighted by Crippen LogP contribution is 2.40. The van der Waals surface area contributed by atoms with Crippen molar-refractivity contribution in [3.8, 4) is 0 Å². The van der Waals surface area contributed by atoms with E-state index in [0.29, 0.717) is 0 Å². The Hall–Kier alpha value is -2.40. The Morgan fingerprint density at radius 2 is 1.75 bits per heavy atom. The number of anilines is 1. The first-order valence-electron chi connectivity index (χ1n) is 9.72. The van der Waals surface area contributed by atoms with Crippen LogP contribution in [-0.2, 0) is 9.59 Å². The maximum atomic E-state index is 13.4. The van der Waals surface area contributed by atoms with E-state index in [1.54, 1.807) is 4.90 Å². The standard InChI is InChI=1S/C23H23BrN2O2/c24-18-10-12-20(13-11-18)26-21(27)16-23(26,15-14-17-6-2-1-3-7-17)22(28)25-19-8-4-5-9-19/h1-3,6-7,10-15,19H,4-5,8-9,16H2,(H,25,28)/b15-14+. The lowest BCUT2D eigenvalue weighted by Crippen LogP contribution is -2.70. The van der Waals surface area contributed by atoms with E-state index >= 15 is 0 Å². The summed E-state index contributed by atoms with van der Waals surface area (Å²) in [6.07, 6.45) is 8.32. The number of carbonyl (C=O) groups excluding carboxylic acids is 2. The van der Waals surface area contributed by atoms with E-state index in [1.165, 1.54) is 0 Å². The van der Waals surface area contributed by atoms with Crippen LogP contribution in [0, 0.1) is 0 Å². The smallest absolute Gasteiger partial charge is 0.251 e. The summed E-state index contributed by atoms with van der Waals surface area (Å²) in [5.41, 5.74) is 0.757. The van der Waals surface area contributed by atoms with Gasteiger partial charge in [0.05, 0.1) is 6.42 Å². The van der Waals surface area contributed by atoms with Crippen LogP contribution in [0.4, 0.5) is 5.69 Å². The molecule has 5 heteroatoms. The Balaban J connectivity index is 1.68. The Morgan fingerprint density at radius 3 is 2.39 bits per heavy atom. The zero-order chi connectivity index (χ0) is 19.6. The summed E-state index contributed by atoms with van der Waals surface area (Å²) < 4.78 is 0.935. The monoisotopic (exact) mass is 438 g/mol. The summed E-state index contributed by atoms with van der Waals surface area (Å²) in [6.45, 7) is 0. The molecule has 1 aliphatic heterocycles. The number of carbonyl (C=O) groups is 2. The third-order valence-corrected chi connectivity index (χ3v) is 6.12. The van der Waals surface area contributed by atoms with Crippen LogP contribution in [0.5, 0.6) is 0 Å². The van der Waals surface area contributed by atoms with Crippen molar-refractivity contribution in [3.05, 3.63) is 70.7 Å². The zero-order valence-corrected chi connectivity index (χ0v) is 17.2. The number of β-lactam (4-membered cyclic amide) rings is 1. The Kier molecular flexibility index (Phi) is 5.36. The van der Waals surface area contributed by atoms with Crippen LogP contribution in [-0.4, -0.2) is 23.4 Å². The molecule has 0 spiro atoms. The normalized spacial score (nSPS) is 22.5. The third kappa shape index (κ3) is 3.63. The molecule has 2 aromatic carbocycles. The number of hydrogen-bond acceptors (Lipinski definition) is 2. The maximum absolute atomic E-state index is 13.4. The SMILES string of the molecule is O=C1CC(/C=C/c2ccccc2)(C(=O)NC2CCCC2)N1c1ccc(Br)cc1. The molecule has 1 aliphatic carbocycles. The molecule has 1 N–H and O–H groups in total. The molecular weight excluding hydrogens is 416 g/mol. The molecule has 2 aliphatic rings. The van der Waals surface area contributed by atoms with Gasteiger partial charge in [-0.3, -0.25) is 14.5 Å². The minimum absolute atomic E-state index is 0.0402. The molecule has 0 aromatic heterocycles. The quantitative estimate of drug-likeness (QED) is 0.687. The number of hydrogen-bond donors (Lipinski definition) is 1. The van der Waals surface area contributed by atoms with Crippen LogP contribution in [0.15, 0.2) is 65.1 Å². The van der Waals surface area contributed by atoms with Gasteiger partial charge in [0.15, 0.2) is 5.54 Å². The summed E-state index contributed by atoms with van der Waals surface area (Å²) in [7, 11) is 0. The highest BCUT2D eigenvalue weighted by atomic mass is 79.9. The number of nitrogens with zero attached hydrogens (tertiary/aromatic N) is 1. The Labute approximate surface area is 173 Å². The van der Waals surface area contributed by atoms with Crippen molar-refractivity contribution in [3.63, 3.8) is 0 Å². The molecule has 4 nitrogen and oxygen atoms in total. The lowest BCUT2D eigenvalue weighted by Gasteiger charge is -2.49. The molecule has 0 radical (unpaired) electrons. The number of amides is 2. The first-order valence-corrected chi connectivity index (χ1v) is 10.5. The van der Waals surface area contributed by atoms with E-state index in [-0.39, 0.29) is 24.3 Å². The molecule has 1 saturated carbocycles. The first kappa shape index (κ1) is 18.9. The van der Waals surface area contributed by atoms with Gasteiger partial charge in [-0.1, -0.05) is 65.2 Å². The second kappa shape index (κ2) is 7.92. The molecular formula is C23H23BrN2O2. The van der Waals surface area contributed by atoms with Crippen molar-refractivity contribution in [1.29, 1.82) is 0 Å². The Morgan fingerprint density at radius 1 is 1.07 bits per heavy atom. The highest BCUT2D eigenvalue weighted by molar-refractivity contribution is 9.10. The van der Waals surface area contributed by atoms with Gasteiger partial charge in [-0.15, -0.1) is 0 Å². The summed E-state index contributed by atoms with van der Waals surface area (Å²) in [6, 6.07) is 17.6. The molecule has 0 bridgehead atoms. The average Bonchev–Trinajstić information content (AvgIpc) is 3.20. The van der Waals surface area contributed by atoms with Gasteiger partial charge in [-0.05, 0) is 48.7 Å². The Bertz CT molecular complexity index is 889. The molecule has 1 atom stereocenters. The van der Waals surface area contributed by atoms with E-state index in [1.807, 2.05) is 66.7 Å². The molecule has 1 unspecified atom stereocenters. The fourth-order valence-corrected chi connectivity index (χ4v) is 4.32. The van der Waals surface area contributed by atoms with E-state index in [0.717, 1.165) is 41.4 Å². The topological polar surface area (TPSA) is 49.4 Å². The van der Waals surface area contributed by atoms with Crippen molar-refractivity contribution < 1.29 is 9.59 Å². The van der Waals surface area contributed by atoms with Gasteiger partial charge in [0, 0.05) is 16.2 Å². The van der Waals surface area contributed by atoms with Crippen LogP contribution in [0.25, 0.3) is 6.08 Å². The summed E-state index contributed by atoms with van der Waals surface area (Å²) in [5, 5.41) is 3.20. The fraction of sp³-hybridized carbons (Fsp3) is 0.304. The van der Waals surface area contributed by atoms with Crippen molar-refractivity contribution in [1.82, 2.24) is 5.32 Å². The molecule has 4 rings (SSSR count). The molecule has 2 amide bonds. The van der Waals surface area contributed by atoms with Gasteiger partial charge in [-0.2, -0.15) is 0 Å². The lowest BCUT2D eigenvalue weighted by atomic mass is 9.80. The summed E-state index contributed by atoms with van der Waals surface area (Å²) >= 11 is 3.43.